The predicted octanol–water partition coefficient (Wildman–Crippen LogP) is 4.05. The Bertz CT molecular complexity index is 390. The monoisotopic (exact) mass is 389 g/mol. The maximum atomic E-state index is 6.46. The molecule has 2 fully saturated rings. The first-order valence-corrected chi connectivity index (χ1v) is 10.4. The lowest BCUT2D eigenvalue weighted by molar-refractivity contribution is 0.234. The SMILES string of the molecule is ClC1CCCC(C(CC2CCCCC2Br)NC2=NCCN2)C1. The summed E-state index contributed by atoms with van der Waals surface area (Å²) in [6.07, 6.45) is 11.7. The molecule has 2 aliphatic carbocycles. The van der Waals surface area contributed by atoms with Crippen molar-refractivity contribution in [3.8, 4) is 0 Å². The molecule has 1 heterocycles. The Morgan fingerprint density at radius 1 is 1.23 bits per heavy atom. The Morgan fingerprint density at radius 3 is 2.82 bits per heavy atom. The summed E-state index contributed by atoms with van der Waals surface area (Å²) in [6.45, 7) is 1.88. The average Bonchev–Trinajstić information content (AvgIpc) is 3.02. The first-order chi connectivity index (χ1) is 10.7. The lowest BCUT2D eigenvalue weighted by Gasteiger charge is -2.37. The number of halogens is 2. The van der Waals surface area contributed by atoms with Crippen LogP contribution in [0.15, 0.2) is 4.99 Å². The van der Waals surface area contributed by atoms with Gasteiger partial charge in [0.05, 0.1) is 6.54 Å². The fourth-order valence-corrected chi connectivity index (χ4v) is 5.51. The molecule has 0 aromatic rings. The van der Waals surface area contributed by atoms with Crippen LogP contribution in [0.5, 0.6) is 0 Å². The molecule has 0 bridgehead atoms. The van der Waals surface area contributed by atoms with E-state index in [1.54, 1.807) is 0 Å². The van der Waals surface area contributed by atoms with Crippen LogP contribution in [0.25, 0.3) is 0 Å². The minimum absolute atomic E-state index is 0.368. The van der Waals surface area contributed by atoms with E-state index >= 15 is 0 Å². The van der Waals surface area contributed by atoms with Crippen LogP contribution < -0.4 is 10.6 Å². The van der Waals surface area contributed by atoms with E-state index in [4.69, 9.17) is 11.6 Å². The highest BCUT2D eigenvalue weighted by Crippen LogP contribution is 2.37. The molecule has 0 saturated heterocycles. The van der Waals surface area contributed by atoms with Gasteiger partial charge in [-0.3, -0.25) is 4.99 Å². The van der Waals surface area contributed by atoms with Crippen molar-refractivity contribution in [3.63, 3.8) is 0 Å². The molecule has 2 saturated carbocycles. The zero-order valence-corrected chi connectivity index (χ0v) is 15.7. The molecule has 0 radical (unpaired) electrons. The minimum atomic E-state index is 0.368. The zero-order valence-electron chi connectivity index (χ0n) is 13.4. The molecule has 2 N–H and O–H groups in total. The Kier molecular flexibility index (Phi) is 6.32. The summed E-state index contributed by atoms with van der Waals surface area (Å²) in [7, 11) is 0. The quantitative estimate of drug-likeness (QED) is 0.711. The molecular formula is C17H29BrClN3. The molecule has 3 nitrogen and oxygen atoms in total. The van der Waals surface area contributed by atoms with E-state index in [1.165, 1.54) is 51.4 Å². The average molecular weight is 391 g/mol. The minimum Gasteiger partial charge on any atom is -0.355 e. The number of alkyl halides is 2. The van der Waals surface area contributed by atoms with E-state index in [-0.39, 0.29) is 0 Å². The van der Waals surface area contributed by atoms with E-state index in [0.717, 1.165) is 31.4 Å². The third-order valence-electron chi connectivity index (χ3n) is 5.59. The molecule has 5 atom stereocenters. The van der Waals surface area contributed by atoms with Gasteiger partial charge in [-0.1, -0.05) is 35.2 Å². The number of rotatable bonds is 4. The van der Waals surface area contributed by atoms with Crippen molar-refractivity contribution in [2.24, 2.45) is 16.8 Å². The van der Waals surface area contributed by atoms with Crippen molar-refractivity contribution in [2.75, 3.05) is 13.1 Å². The zero-order chi connectivity index (χ0) is 15.4. The Balaban J connectivity index is 1.64. The molecule has 0 spiro atoms. The number of hydrogen-bond donors (Lipinski definition) is 2. The van der Waals surface area contributed by atoms with Gasteiger partial charge in [-0.15, -0.1) is 11.6 Å². The van der Waals surface area contributed by atoms with Gasteiger partial charge in [0.1, 0.15) is 0 Å². The fourth-order valence-electron chi connectivity index (χ4n) is 4.32. The lowest BCUT2D eigenvalue weighted by Crippen LogP contribution is -2.47. The van der Waals surface area contributed by atoms with Gasteiger partial charge in [0.15, 0.2) is 5.96 Å². The molecule has 0 aromatic carbocycles. The van der Waals surface area contributed by atoms with Gasteiger partial charge in [0, 0.05) is 22.8 Å². The second kappa shape index (κ2) is 8.23. The Morgan fingerprint density at radius 2 is 2.09 bits per heavy atom. The lowest BCUT2D eigenvalue weighted by atomic mass is 9.77. The van der Waals surface area contributed by atoms with Crippen LogP contribution in [0.2, 0.25) is 0 Å². The summed E-state index contributed by atoms with van der Waals surface area (Å²) in [4.78, 5) is 5.25. The van der Waals surface area contributed by atoms with Crippen molar-refractivity contribution in [1.82, 2.24) is 10.6 Å². The highest BCUT2D eigenvalue weighted by atomic mass is 79.9. The second-order valence-corrected chi connectivity index (χ2v) is 9.02. The summed E-state index contributed by atoms with van der Waals surface area (Å²) in [5, 5.41) is 7.48. The summed E-state index contributed by atoms with van der Waals surface area (Å²) in [5.74, 6) is 2.51. The van der Waals surface area contributed by atoms with E-state index < -0.39 is 0 Å². The van der Waals surface area contributed by atoms with Crippen molar-refractivity contribution in [3.05, 3.63) is 0 Å². The van der Waals surface area contributed by atoms with Crippen LogP contribution in [-0.2, 0) is 0 Å². The van der Waals surface area contributed by atoms with E-state index in [2.05, 4.69) is 31.6 Å². The van der Waals surface area contributed by atoms with Gasteiger partial charge in [-0.2, -0.15) is 0 Å². The summed E-state index contributed by atoms with van der Waals surface area (Å²) in [5.41, 5.74) is 0. The first-order valence-electron chi connectivity index (χ1n) is 9.05. The van der Waals surface area contributed by atoms with Crippen LogP contribution >= 0.6 is 27.5 Å². The van der Waals surface area contributed by atoms with Crippen molar-refractivity contribution < 1.29 is 0 Å². The van der Waals surface area contributed by atoms with Gasteiger partial charge in [-0.25, -0.2) is 0 Å². The highest BCUT2D eigenvalue weighted by molar-refractivity contribution is 9.09. The number of nitrogens with zero attached hydrogens (tertiary/aromatic N) is 1. The first kappa shape index (κ1) is 16.9. The number of nitrogens with one attached hydrogen (secondary N) is 2. The summed E-state index contributed by atoms with van der Waals surface area (Å²) < 4.78 is 0. The van der Waals surface area contributed by atoms with Crippen LogP contribution in [0.1, 0.15) is 57.8 Å². The molecule has 22 heavy (non-hydrogen) atoms. The van der Waals surface area contributed by atoms with Gasteiger partial charge in [0.25, 0.3) is 0 Å². The maximum Gasteiger partial charge on any atom is 0.191 e. The molecule has 0 amide bonds. The van der Waals surface area contributed by atoms with Crippen LogP contribution in [-0.4, -0.2) is 35.3 Å². The topological polar surface area (TPSA) is 36.4 Å². The fraction of sp³-hybridized carbons (Fsp3) is 0.941. The molecule has 0 aromatic heterocycles. The standard InChI is InChI=1S/C17H29BrClN3/c18-15-7-2-1-4-12(15)11-16(22-17-20-8-9-21-17)13-5-3-6-14(19)10-13/h12-16H,1-11H2,(H2,20,21,22). The number of hydrogen-bond acceptors (Lipinski definition) is 3. The second-order valence-electron chi connectivity index (χ2n) is 7.23. The van der Waals surface area contributed by atoms with E-state index in [9.17, 15) is 0 Å². The Labute approximate surface area is 148 Å². The smallest absolute Gasteiger partial charge is 0.191 e. The van der Waals surface area contributed by atoms with Crippen LogP contribution in [0, 0.1) is 11.8 Å². The molecule has 126 valence electrons. The van der Waals surface area contributed by atoms with Crippen LogP contribution in [0.4, 0.5) is 0 Å². The summed E-state index contributed by atoms with van der Waals surface area (Å²) >= 11 is 10.4. The third kappa shape index (κ3) is 4.53. The van der Waals surface area contributed by atoms with E-state index in [0.29, 0.717) is 22.2 Å². The van der Waals surface area contributed by atoms with Gasteiger partial charge in [0.2, 0.25) is 0 Å². The highest BCUT2D eigenvalue weighted by Gasteiger charge is 2.33. The van der Waals surface area contributed by atoms with Gasteiger partial charge >= 0.3 is 0 Å². The normalized spacial score (nSPS) is 37.3. The largest absolute Gasteiger partial charge is 0.355 e. The molecule has 3 rings (SSSR count). The van der Waals surface area contributed by atoms with Crippen molar-refractivity contribution in [1.29, 1.82) is 0 Å². The number of aliphatic imine (C=N–C) groups is 1. The Hall–Kier alpha value is 0.0400. The molecular weight excluding hydrogens is 362 g/mol. The maximum absolute atomic E-state index is 6.46. The van der Waals surface area contributed by atoms with E-state index in [1.807, 2.05) is 0 Å². The van der Waals surface area contributed by atoms with Crippen molar-refractivity contribution in [2.45, 2.75) is 74.0 Å². The van der Waals surface area contributed by atoms with Gasteiger partial charge in [-0.05, 0) is 50.4 Å². The van der Waals surface area contributed by atoms with Crippen molar-refractivity contribution >= 4 is 33.5 Å². The molecule has 5 unspecified atom stereocenters. The third-order valence-corrected chi connectivity index (χ3v) is 7.19. The van der Waals surface area contributed by atoms with Crippen LogP contribution in [0.3, 0.4) is 0 Å². The molecule has 1 aliphatic heterocycles. The molecule has 5 heteroatoms. The predicted molar refractivity (Wildman–Crippen MR) is 98.1 cm³/mol. The summed E-state index contributed by atoms with van der Waals surface area (Å²) in [6, 6.07) is 0.522. The molecule has 3 aliphatic rings. The van der Waals surface area contributed by atoms with Gasteiger partial charge < -0.3 is 10.6 Å². The number of guanidine groups is 1.